The molecule has 8 heteroatoms. The fourth-order valence-corrected chi connectivity index (χ4v) is 1.47. The molecule has 2 rings (SSSR count). The molecule has 0 aliphatic rings. The van der Waals surface area contributed by atoms with E-state index in [1.807, 2.05) is 0 Å². The van der Waals surface area contributed by atoms with E-state index in [-0.39, 0.29) is 5.69 Å². The zero-order valence-corrected chi connectivity index (χ0v) is 8.64. The largest absolute Gasteiger partial charge is 0.464 e. The minimum Gasteiger partial charge on any atom is -0.464 e. The van der Waals surface area contributed by atoms with Gasteiger partial charge in [0.05, 0.1) is 30.9 Å². The Hall–Kier alpha value is -1.83. The number of methoxy groups -OCH3 is 1. The van der Waals surface area contributed by atoms with Gasteiger partial charge in [0.2, 0.25) is 0 Å². The van der Waals surface area contributed by atoms with Gasteiger partial charge in [-0.15, -0.1) is 10.2 Å². The van der Waals surface area contributed by atoms with Crippen LogP contribution in [-0.2, 0) is 11.3 Å². The Morgan fingerprint density at radius 3 is 3.20 bits per heavy atom. The van der Waals surface area contributed by atoms with Crippen LogP contribution >= 0.6 is 11.5 Å². The zero-order valence-electron chi connectivity index (χ0n) is 7.82. The molecule has 0 unspecified atom stereocenters. The maximum Gasteiger partial charge on any atom is 0.360 e. The third kappa shape index (κ3) is 2.15. The summed E-state index contributed by atoms with van der Waals surface area (Å²) in [5.74, 6) is -0.497. The van der Waals surface area contributed by atoms with Gasteiger partial charge in [-0.1, -0.05) is 9.70 Å². The van der Waals surface area contributed by atoms with Gasteiger partial charge in [0.15, 0.2) is 5.69 Å². The first-order valence-electron chi connectivity index (χ1n) is 4.04. The van der Waals surface area contributed by atoms with Gasteiger partial charge in [-0.2, -0.15) is 0 Å². The summed E-state index contributed by atoms with van der Waals surface area (Å²) in [4.78, 5) is 12.0. The van der Waals surface area contributed by atoms with Crippen LogP contribution in [0.15, 0.2) is 12.4 Å². The van der Waals surface area contributed by atoms with E-state index in [1.165, 1.54) is 29.5 Å². The maximum atomic E-state index is 11.1. The SMILES string of the molecule is COC(=O)c1cn(Cc2cnns2)nn1. The first kappa shape index (κ1) is 9.71. The quantitative estimate of drug-likeness (QED) is 0.682. The topological polar surface area (TPSA) is 82.8 Å². The van der Waals surface area contributed by atoms with Gasteiger partial charge >= 0.3 is 5.97 Å². The summed E-state index contributed by atoms with van der Waals surface area (Å²) in [7, 11) is 1.30. The van der Waals surface area contributed by atoms with Crippen LogP contribution in [0.2, 0.25) is 0 Å². The molecule has 0 saturated carbocycles. The van der Waals surface area contributed by atoms with E-state index in [4.69, 9.17) is 0 Å². The predicted octanol–water partition coefficient (Wildman–Crippen LogP) is -0.0355. The fraction of sp³-hybridized carbons (Fsp3) is 0.286. The summed E-state index contributed by atoms with van der Waals surface area (Å²) in [5.41, 5.74) is 0.190. The zero-order chi connectivity index (χ0) is 10.7. The van der Waals surface area contributed by atoms with Crippen LogP contribution < -0.4 is 0 Å². The minimum absolute atomic E-state index is 0.190. The van der Waals surface area contributed by atoms with E-state index >= 15 is 0 Å². The number of esters is 1. The Bertz CT molecular complexity index is 452. The molecule has 0 spiro atoms. The molecule has 0 N–H and O–H groups in total. The lowest BCUT2D eigenvalue weighted by Gasteiger charge is -1.93. The normalized spacial score (nSPS) is 10.2. The van der Waals surface area contributed by atoms with Gasteiger partial charge in [-0.25, -0.2) is 9.48 Å². The van der Waals surface area contributed by atoms with Crippen molar-refractivity contribution in [3.8, 4) is 0 Å². The second-order valence-electron chi connectivity index (χ2n) is 2.68. The second-order valence-corrected chi connectivity index (χ2v) is 3.55. The number of hydrogen-bond donors (Lipinski definition) is 0. The standard InChI is InChI=1S/C7H7N5O2S/c1-14-7(13)6-4-12(10-9-6)3-5-2-8-11-15-5/h2,4H,3H2,1H3. The number of nitrogens with zero attached hydrogens (tertiary/aromatic N) is 5. The number of carbonyl (C=O) groups is 1. The lowest BCUT2D eigenvalue weighted by Crippen LogP contribution is -2.01. The van der Waals surface area contributed by atoms with Gasteiger partial charge < -0.3 is 4.74 Å². The van der Waals surface area contributed by atoms with Crippen molar-refractivity contribution in [2.45, 2.75) is 6.54 Å². The highest BCUT2D eigenvalue weighted by Crippen LogP contribution is 2.04. The monoisotopic (exact) mass is 225 g/mol. The molecule has 0 amide bonds. The summed E-state index contributed by atoms with van der Waals surface area (Å²) in [5, 5.41) is 11.1. The van der Waals surface area contributed by atoms with E-state index in [1.54, 1.807) is 6.20 Å². The van der Waals surface area contributed by atoms with E-state index in [0.29, 0.717) is 6.54 Å². The van der Waals surface area contributed by atoms with Crippen molar-refractivity contribution in [2.24, 2.45) is 0 Å². The maximum absolute atomic E-state index is 11.1. The van der Waals surface area contributed by atoms with Crippen molar-refractivity contribution in [2.75, 3.05) is 7.11 Å². The molecule has 0 radical (unpaired) electrons. The van der Waals surface area contributed by atoms with Crippen LogP contribution in [0.5, 0.6) is 0 Å². The van der Waals surface area contributed by atoms with Crippen molar-refractivity contribution in [1.82, 2.24) is 24.6 Å². The van der Waals surface area contributed by atoms with Crippen LogP contribution in [0.4, 0.5) is 0 Å². The molecule has 2 aromatic heterocycles. The Balaban J connectivity index is 2.11. The highest BCUT2D eigenvalue weighted by atomic mass is 32.1. The predicted molar refractivity (Wildman–Crippen MR) is 50.4 cm³/mol. The third-order valence-electron chi connectivity index (χ3n) is 1.66. The number of hydrogen-bond acceptors (Lipinski definition) is 7. The van der Waals surface area contributed by atoms with Crippen molar-refractivity contribution < 1.29 is 9.53 Å². The summed E-state index contributed by atoms with van der Waals surface area (Å²) in [6.45, 7) is 0.502. The number of carbonyl (C=O) groups excluding carboxylic acids is 1. The molecule has 0 fully saturated rings. The second kappa shape index (κ2) is 4.13. The van der Waals surface area contributed by atoms with Crippen LogP contribution in [0, 0.1) is 0 Å². The lowest BCUT2D eigenvalue weighted by atomic mass is 10.5. The molecule has 0 atom stereocenters. The molecule has 2 heterocycles. The van der Waals surface area contributed by atoms with E-state index in [0.717, 1.165) is 4.88 Å². The van der Waals surface area contributed by atoms with Gasteiger partial charge in [-0.3, -0.25) is 0 Å². The lowest BCUT2D eigenvalue weighted by molar-refractivity contribution is 0.0594. The summed E-state index contributed by atoms with van der Waals surface area (Å²) >= 11 is 1.28. The molecule has 0 saturated heterocycles. The number of ether oxygens (including phenoxy) is 1. The van der Waals surface area contributed by atoms with Crippen LogP contribution in [-0.4, -0.2) is 37.7 Å². The molecule has 7 nitrogen and oxygen atoms in total. The molecular formula is C7H7N5O2S. The highest BCUT2D eigenvalue weighted by molar-refractivity contribution is 7.05. The van der Waals surface area contributed by atoms with Gasteiger partial charge in [0, 0.05) is 0 Å². The van der Waals surface area contributed by atoms with Crippen LogP contribution in [0.1, 0.15) is 15.4 Å². The smallest absolute Gasteiger partial charge is 0.360 e. The number of rotatable bonds is 3. The first-order valence-corrected chi connectivity index (χ1v) is 4.81. The molecule has 0 aromatic carbocycles. The third-order valence-corrected chi connectivity index (χ3v) is 2.30. The summed E-state index contributed by atoms with van der Waals surface area (Å²) < 4.78 is 9.75. The molecular weight excluding hydrogens is 218 g/mol. The van der Waals surface area contributed by atoms with E-state index in [9.17, 15) is 4.79 Å². The van der Waals surface area contributed by atoms with Gasteiger partial charge in [0.25, 0.3) is 0 Å². The van der Waals surface area contributed by atoms with E-state index < -0.39 is 5.97 Å². The Morgan fingerprint density at radius 1 is 1.67 bits per heavy atom. The van der Waals surface area contributed by atoms with Crippen molar-refractivity contribution >= 4 is 17.5 Å². The number of aromatic nitrogens is 5. The summed E-state index contributed by atoms with van der Waals surface area (Å²) in [6, 6.07) is 0. The molecule has 0 bridgehead atoms. The average molecular weight is 225 g/mol. The van der Waals surface area contributed by atoms with Gasteiger partial charge in [-0.05, 0) is 11.5 Å². The average Bonchev–Trinajstić information content (AvgIpc) is 2.88. The van der Waals surface area contributed by atoms with Crippen LogP contribution in [0.25, 0.3) is 0 Å². The van der Waals surface area contributed by atoms with Crippen molar-refractivity contribution in [3.05, 3.63) is 23.0 Å². The molecule has 78 valence electrons. The molecule has 2 aromatic rings. The van der Waals surface area contributed by atoms with E-state index in [2.05, 4.69) is 24.6 Å². The molecule has 0 aliphatic heterocycles. The fourth-order valence-electron chi connectivity index (χ4n) is 0.991. The first-order chi connectivity index (χ1) is 7.29. The van der Waals surface area contributed by atoms with Crippen molar-refractivity contribution in [3.63, 3.8) is 0 Å². The Morgan fingerprint density at radius 2 is 2.53 bits per heavy atom. The summed E-state index contributed by atoms with van der Waals surface area (Å²) in [6.07, 6.45) is 3.16. The highest BCUT2D eigenvalue weighted by Gasteiger charge is 2.10. The van der Waals surface area contributed by atoms with Gasteiger partial charge in [0.1, 0.15) is 0 Å². The Kier molecular flexibility index (Phi) is 2.68. The minimum atomic E-state index is -0.497. The van der Waals surface area contributed by atoms with Crippen molar-refractivity contribution in [1.29, 1.82) is 0 Å². The van der Waals surface area contributed by atoms with Crippen LogP contribution in [0.3, 0.4) is 0 Å². The molecule has 0 aliphatic carbocycles. The molecule has 15 heavy (non-hydrogen) atoms. The Labute approximate surface area is 88.8 Å².